The normalized spacial score (nSPS) is 16.5. The standard InChI is InChI=1S/C14H15BrFNO2/c1-17(10-3-5-11(18)6-4-10)14(19)9-2-7-12(15)13(16)8-9/h2,7-8,10H,3-6H2,1H3. The summed E-state index contributed by atoms with van der Waals surface area (Å²) < 4.78 is 13.8. The van der Waals surface area contributed by atoms with Crippen LogP contribution in [0.5, 0.6) is 0 Å². The lowest BCUT2D eigenvalue weighted by Gasteiger charge is -2.30. The van der Waals surface area contributed by atoms with Gasteiger partial charge in [-0.25, -0.2) is 4.39 Å². The molecule has 0 aliphatic heterocycles. The first-order chi connectivity index (χ1) is 8.99. The van der Waals surface area contributed by atoms with Gasteiger partial charge >= 0.3 is 0 Å². The van der Waals surface area contributed by atoms with Crippen molar-refractivity contribution in [2.45, 2.75) is 31.7 Å². The minimum absolute atomic E-state index is 0.0666. The van der Waals surface area contributed by atoms with Crippen LogP contribution in [0.15, 0.2) is 22.7 Å². The number of ketones is 1. The van der Waals surface area contributed by atoms with Gasteiger partial charge in [0.05, 0.1) is 4.47 Å². The summed E-state index contributed by atoms with van der Waals surface area (Å²) in [5.74, 6) is -0.393. The van der Waals surface area contributed by atoms with Crippen LogP contribution in [0.4, 0.5) is 4.39 Å². The molecule has 0 bridgehead atoms. The summed E-state index contributed by atoms with van der Waals surface area (Å²) in [6.45, 7) is 0. The molecule has 1 saturated carbocycles. The molecule has 1 aromatic carbocycles. The predicted molar refractivity (Wildman–Crippen MR) is 73.5 cm³/mol. The highest BCUT2D eigenvalue weighted by atomic mass is 79.9. The van der Waals surface area contributed by atoms with E-state index in [4.69, 9.17) is 0 Å². The van der Waals surface area contributed by atoms with Crippen LogP contribution in [-0.4, -0.2) is 29.7 Å². The molecule has 0 aromatic heterocycles. The quantitative estimate of drug-likeness (QED) is 0.836. The van der Waals surface area contributed by atoms with Gasteiger partial charge in [0.1, 0.15) is 11.6 Å². The second-order valence-electron chi connectivity index (χ2n) is 4.81. The first-order valence-electron chi connectivity index (χ1n) is 6.23. The van der Waals surface area contributed by atoms with Crippen LogP contribution >= 0.6 is 15.9 Å². The number of carbonyl (C=O) groups is 2. The Bertz CT molecular complexity index is 508. The number of halogens is 2. The fourth-order valence-corrected chi connectivity index (χ4v) is 2.56. The molecule has 0 spiro atoms. The molecule has 0 heterocycles. The molecule has 1 aromatic rings. The third-order valence-electron chi connectivity index (χ3n) is 3.55. The van der Waals surface area contributed by atoms with Gasteiger partial charge in [-0.2, -0.15) is 0 Å². The van der Waals surface area contributed by atoms with E-state index in [9.17, 15) is 14.0 Å². The monoisotopic (exact) mass is 327 g/mol. The highest BCUT2D eigenvalue weighted by Gasteiger charge is 2.26. The van der Waals surface area contributed by atoms with E-state index >= 15 is 0 Å². The molecular weight excluding hydrogens is 313 g/mol. The maximum absolute atomic E-state index is 13.4. The Labute approximate surface area is 119 Å². The Kier molecular flexibility index (Phi) is 4.34. The molecule has 19 heavy (non-hydrogen) atoms. The van der Waals surface area contributed by atoms with Crippen LogP contribution in [0.25, 0.3) is 0 Å². The molecule has 1 fully saturated rings. The fraction of sp³-hybridized carbons (Fsp3) is 0.429. The van der Waals surface area contributed by atoms with Crippen molar-refractivity contribution in [3.05, 3.63) is 34.1 Å². The van der Waals surface area contributed by atoms with Gasteiger partial charge in [-0.1, -0.05) is 0 Å². The molecule has 0 N–H and O–H groups in total. The molecule has 0 saturated heterocycles. The lowest BCUT2D eigenvalue weighted by atomic mass is 9.93. The molecule has 2 rings (SSSR count). The lowest BCUT2D eigenvalue weighted by Crippen LogP contribution is -2.39. The van der Waals surface area contributed by atoms with Crippen molar-refractivity contribution in [1.82, 2.24) is 4.90 Å². The zero-order valence-electron chi connectivity index (χ0n) is 10.7. The van der Waals surface area contributed by atoms with E-state index in [1.54, 1.807) is 18.0 Å². The van der Waals surface area contributed by atoms with Crippen molar-refractivity contribution >= 4 is 27.6 Å². The average molecular weight is 328 g/mol. The van der Waals surface area contributed by atoms with Crippen molar-refractivity contribution in [1.29, 1.82) is 0 Å². The van der Waals surface area contributed by atoms with Gasteiger partial charge < -0.3 is 4.90 Å². The van der Waals surface area contributed by atoms with Gasteiger partial charge in [-0.3, -0.25) is 9.59 Å². The van der Waals surface area contributed by atoms with Crippen LogP contribution in [0, 0.1) is 5.82 Å². The molecule has 102 valence electrons. The van der Waals surface area contributed by atoms with Crippen LogP contribution < -0.4 is 0 Å². The first-order valence-corrected chi connectivity index (χ1v) is 7.02. The van der Waals surface area contributed by atoms with Crippen molar-refractivity contribution < 1.29 is 14.0 Å². The molecule has 1 aliphatic rings. The predicted octanol–water partition coefficient (Wildman–Crippen LogP) is 3.17. The maximum atomic E-state index is 13.4. The van der Waals surface area contributed by atoms with E-state index in [1.165, 1.54) is 12.1 Å². The highest BCUT2D eigenvalue weighted by Crippen LogP contribution is 2.22. The largest absolute Gasteiger partial charge is 0.339 e. The summed E-state index contributed by atoms with van der Waals surface area (Å²) in [6, 6.07) is 4.43. The van der Waals surface area contributed by atoms with Gasteiger partial charge in [0.25, 0.3) is 5.91 Å². The number of hydrogen-bond donors (Lipinski definition) is 0. The maximum Gasteiger partial charge on any atom is 0.253 e. The Morgan fingerprint density at radius 3 is 2.58 bits per heavy atom. The molecule has 0 unspecified atom stereocenters. The van der Waals surface area contributed by atoms with E-state index in [1.807, 2.05) is 0 Å². The number of hydrogen-bond acceptors (Lipinski definition) is 2. The Balaban J connectivity index is 2.10. The van der Waals surface area contributed by atoms with E-state index in [-0.39, 0.29) is 17.7 Å². The van der Waals surface area contributed by atoms with Crippen LogP contribution in [0.2, 0.25) is 0 Å². The third kappa shape index (κ3) is 3.21. The average Bonchev–Trinajstić information content (AvgIpc) is 2.41. The summed E-state index contributed by atoms with van der Waals surface area (Å²) >= 11 is 3.06. The number of rotatable bonds is 2. The van der Waals surface area contributed by atoms with Gasteiger partial charge in [0, 0.05) is 31.5 Å². The van der Waals surface area contributed by atoms with E-state index in [2.05, 4.69) is 15.9 Å². The third-order valence-corrected chi connectivity index (χ3v) is 4.19. The molecular formula is C14H15BrFNO2. The minimum atomic E-state index is -0.446. The summed E-state index contributed by atoms with van der Waals surface area (Å²) in [5, 5.41) is 0. The molecule has 0 radical (unpaired) electrons. The number of nitrogens with zero attached hydrogens (tertiary/aromatic N) is 1. The van der Waals surface area contributed by atoms with E-state index in [0.717, 1.165) is 0 Å². The van der Waals surface area contributed by atoms with E-state index in [0.29, 0.717) is 35.7 Å². The van der Waals surface area contributed by atoms with Crippen LogP contribution in [-0.2, 0) is 4.79 Å². The molecule has 5 heteroatoms. The van der Waals surface area contributed by atoms with Gasteiger partial charge in [-0.05, 0) is 47.0 Å². The zero-order valence-corrected chi connectivity index (χ0v) is 12.2. The first kappa shape index (κ1) is 14.2. The van der Waals surface area contributed by atoms with Crippen molar-refractivity contribution in [2.24, 2.45) is 0 Å². The molecule has 1 amide bonds. The Hall–Kier alpha value is -1.23. The van der Waals surface area contributed by atoms with Crippen molar-refractivity contribution in [2.75, 3.05) is 7.05 Å². The fourth-order valence-electron chi connectivity index (χ4n) is 2.31. The van der Waals surface area contributed by atoms with E-state index < -0.39 is 5.82 Å². The number of carbonyl (C=O) groups excluding carboxylic acids is 2. The number of benzene rings is 1. The smallest absolute Gasteiger partial charge is 0.253 e. The van der Waals surface area contributed by atoms with Crippen LogP contribution in [0.3, 0.4) is 0 Å². The van der Waals surface area contributed by atoms with Crippen molar-refractivity contribution in [3.63, 3.8) is 0 Å². The van der Waals surface area contributed by atoms with Gasteiger partial charge in [0.15, 0.2) is 0 Å². The molecule has 1 aliphatic carbocycles. The summed E-state index contributed by atoms with van der Waals surface area (Å²) in [6.07, 6.45) is 2.44. The summed E-state index contributed by atoms with van der Waals surface area (Å²) in [5.41, 5.74) is 0.333. The number of amides is 1. The Morgan fingerprint density at radius 2 is 2.00 bits per heavy atom. The zero-order chi connectivity index (χ0) is 14.0. The van der Waals surface area contributed by atoms with Crippen molar-refractivity contribution in [3.8, 4) is 0 Å². The van der Waals surface area contributed by atoms with Gasteiger partial charge in [0.2, 0.25) is 0 Å². The highest BCUT2D eigenvalue weighted by molar-refractivity contribution is 9.10. The summed E-state index contributed by atoms with van der Waals surface area (Å²) in [7, 11) is 1.71. The Morgan fingerprint density at radius 1 is 1.37 bits per heavy atom. The second kappa shape index (κ2) is 5.82. The number of Topliss-reactive ketones (excluding diaryl/α,β-unsaturated/α-hetero) is 1. The SMILES string of the molecule is CN(C(=O)c1ccc(Br)c(F)c1)C1CCC(=O)CC1. The second-order valence-corrected chi connectivity index (χ2v) is 5.67. The minimum Gasteiger partial charge on any atom is -0.339 e. The summed E-state index contributed by atoms with van der Waals surface area (Å²) in [4.78, 5) is 25.1. The van der Waals surface area contributed by atoms with Gasteiger partial charge in [-0.15, -0.1) is 0 Å². The lowest BCUT2D eigenvalue weighted by molar-refractivity contribution is -0.121. The van der Waals surface area contributed by atoms with Crippen LogP contribution in [0.1, 0.15) is 36.0 Å². The topological polar surface area (TPSA) is 37.4 Å². The molecule has 3 nitrogen and oxygen atoms in total. The molecule has 0 atom stereocenters.